The van der Waals surface area contributed by atoms with E-state index in [1.165, 1.54) is 12.1 Å². The molecule has 27 heavy (non-hydrogen) atoms. The van der Waals surface area contributed by atoms with E-state index >= 15 is 0 Å². The number of piperazine rings is 1. The number of hydrogen-bond acceptors (Lipinski definition) is 4. The van der Waals surface area contributed by atoms with Gasteiger partial charge in [0.15, 0.2) is 0 Å². The van der Waals surface area contributed by atoms with Gasteiger partial charge in [0.1, 0.15) is 0 Å². The Morgan fingerprint density at radius 2 is 1.48 bits per heavy atom. The van der Waals surface area contributed by atoms with Crippen molar-refractivity contribution in [2.75, 3.05) is 64.3 Å². The lowest BCUT2D eigenvalue weighted by Crippen LogP contribution is -2.55. The van der Waals surface area contributed by atoms with Crippen molar-refractivity contribution in [1.82, 2.24) is 14.7 Å². The number of halogens is 3. The maximum atomic E-state index is 12.5. The Morgan fingerprint density at radius 1 is 0.926 bits per heavy atom. The molecule has 1 aromatic rings. The third-order valence-corrected chi connectivity index (χ3v) is 5.38. The van der Waals surface area contributed by atoms with Gasteiger partial charge in [-0.25, -0.2) is 4.79 Å². The molecule has 0 aromatic heterocycles. The van der Waals surface area contributed by atoms with E-state index in [-0.39, 0.29) is 18.5 Å². The number of amides is 3. The van der Waals surface area contributed by atoms with E-state index in [1.54, 1.807) is 0 Å². The minimum Gasteiger partial charge on any atom is -0.378 e. The van der Waals surface area contributed by atoms with Gasteiger partial charge < -0.3 is 19.9 Å². The Hall–Kier alpha value is -1.25. The van der Waals surface area contributed by atoms with E-state index in [4.69, 9.17) is 39.5 Å². The van der Waals surface area contributed by atoms with Gasteiger partial charge in [-0.15, -0.1) is 0 Å². The number of morpholine rings is 1. The summed E-state index contributed by atoms with van der Waals surface area (Å²) in [6.45, 7) is 5.07. The van der Waals surface area contributed by atoms with Crippen LogP contribution in [0.3, 0.4) is 0 Å². The van der Waals surface area contributed by atoms with Crippen LogP contribution in [-0.4, -0.2) is 85.7 Å². The van der Waals surface area contributed by atoms with Crippen LogP contribution in [0.4, 0.5) is 10.5 Å². The molecule has 2 fully saturated rings. The molecule has 0 aliphatic carbocycles. The number of nitrogens with zero attached hydrogens (tertiary/aromatic N) is 3. The van der Waals surface area contributed by atoms with Crippen LogP contribution in [0.5, 0.6) is 0 Å². The average molecular weight is 436 g/mol. The number of anilines is 1. The van der Waals surface area contributed by atoms with Crippen molar-refractivity contribution in [2.24, 2.45) is 0 Å². The quantitative estimate of drug-likeness (QED) is 0.793. The summed E-state index contributed by atoms with van der Waals surface area (Å²) in [5, 5.41) is 3.73. The van der Waals surface area contributed by atoms with Crippen molar-refractivity contribution in [3.63, 3.8) is 0 Å². The summed E-state index contributed by atoms with van der Waals surface area (Å²) in [5.41, 5.74) is 0.355. The molecule has 10 heteroatoms. The SMILES string of the molecule is O=C(CN1CCN(C(=O)N2CCOCC2)CC1)Nc1c(Cl)cc(Cl)cc1Cl. The van der Waals surface area contributed by atoms with Gasteiger partial charge in [-0.2, -0.15) is 0 Å². The average Bonchev–Trinajstić information content (AvgIpc) is 2.65. The van der Waals surface area contributed by atoms with Gasteiger partial charge in [-0.3, -0.25) is 9.69 Å². The molecule has 0 spiro atoms. The molecule has 1 N–H and O–H groups in total. The van der Waals surface area contributed by atoms with Crippen molar-refractivity contribution in [1.29, 1.82) is 0 Å². The molecule has 2 heterocycles. The number of rotatable bonds is 3. The van der Waals surface area contributed by atoms with Crippen molar-refractivity contribution in [2.45, 2.75) is 0 Å². The van der Waals surface area contributed by atoms with Crippen LogP contribution < -0.4 is 5.32 Å². The summed E-state index contributed by atoms with van der Waals surface area (Å²) in [7, 11) is 0. The molecule has 1 aromatic carbocycles. The number of nitrogens with one attached hydrogen (secondary N) is 1. The maximum Gasteiger partial charge on any atom is 0.320 e. The zero-order valence-electron chi connectivity index (χ0n) is 14.7. The van der Waals surface area contributed by atoms with Gasteiger partial charge in [0, 0.05) is 44.3 Å². The summed E-state index contributed by atoms with van der Waals surface area (Å²) in [6.07, 6.45) is 0. The number of hydrogen-bond donors (Lipinski definition) is 1. The van der Waals surface area contributed by atoms with Crippen LogP contribution in [-0.2, 0) is 9.53 Å². The number of urea groups is 1. The zero-order chi connectivity index (χ0) is 19.4. The summed E-state index contributed by atoms with van der Waals surface area (Å²) in [4.78, 5) is 30.4. The molecule has 0 saturated carbocycles. The van der Waals surface area contributed by atoms with Crippen molar-refractivity contribution in [3.8, 4) is 0 Å². The Balaban J connectivity index is 1.47. The van der Waals surface area contributed by atoms with Crippen LogP contribution in [0.25, 0.3) is 0 Å². The molecule has 0 radical (unpaired) electrons. The van der Waals surface area contributed by atoms with Crippen molar-refractivity contribution < 1.29 is 14.3 Å². The van der Waals surface area contributed by atoms with Crippen molar-refractivity contribution in [3.05, 3.63) is 27.2 Å². The van der Waals surface area contributed by atoms with Gasteiger partial charge in [-0.05, 0) is 12.1 Å². The Bertz CT molecular complexity index is 682. The minimum absolute atomic E-state index is 0.0436. The molecule has 0 bridgehead atoms. The molecule has 7 nitrogen and oxygen atoms in total. The predicted molar refractivity (Wildman–Crippen MR) is 106 cm³/mol. The van der Waals surface area contributed by atoms with Crippen LogP contribution in [0.1, 0.15) is 0 Å². The fourth-order valence-electron chi connectivity index (χ4n) is 3.10. The standard InChI is InChI=1S/C17H21Cl3N4O3/c18-12-9-13(19)16(14(20)10-12)21-15(25)11-22-1-3-23(4-2-22)17(26)24-5-7-27-8-6-24/h9-10H,1-8,11H2,(H,21,25). The van der Waals surface area contributed by atoms with Gasteiger partial charge in [0.05, 0.1) is 35.5 Å². The maximum absolute atomic E-state index is 12.5. The number of carbonyl (C=O) groups is 2. The lowest BCUT2D eigenvalue weighted by Gasteiger charge is -2.38. The molecule has 2 saturated heterocycles. The van der Waals surface area contributed by atoms with Gasteiger partial charge in [0.2, 0.25) is 5.91 Å². The Kier molecular flexibility index (Phi) is 7.05. The highest BCUT2D eigenvalue weighted by molar-refractivity contribution is 6.42. The second-order valence-electron chi connectivity index (χ2n) is 6.44. The lowest BCUT2D eigenvalue weighted by atomic mass is 10.3. The minimum atomic E-state index is -0.214. The summed E-state index contributed by atoms with van der Waals surface area (Å²) in [6, 6.07) is 3.10. The molecule has 2 aliphatic rings. The molecule has 2 aliphatic heterocycles. The number of ether oxygens (including phenoxy) is 1. The van der Waals surface area contributed by atoms with E-state index in [0.717, 1.165) is 0 Å². The first-order valence-electron chi connectivity index (χ1n) is 8.72. The molecule has 0 unspecified atom stereocenters. The second kappa shape index (κ2) is 9.30. The van der Waals surface area contributed by atoms with E-state index in [0.29, 0.717) is 73.2 Å². The highest BCUT2D eigenvalue weighted by Gasteiger charge is 2.27. The number of benzene rings is 1. The summed E-state index contributed by atoms with van der Waals surface area (Å²) >= 11 is 18.1. The second-order valence-corrected chi connectivity index (χ2v) is 7.69. The topological polar surface area (TPSA) is 65.1 Å². The molecular weight excluding hydrogens is 415 g/mol. The molecular formula is C17H21Cl3N4O3. The van der Waals surface area contributed by atoms with E-state index in [1.807, 2.05) is 14.7 Å². The third-order valence-electron chi connectivity index (χ3n) is 4.56. The number of carbonyl (C=O) groups excluding carboxylic acids is 2. The molecule has 0 atom stereocenters. The summed E-state index contributed by atoms with van der Waals surface area (Å²) in [5.74, 6) is -0.214. The third kappa shape index (κ3) is 5.39. The van der Waals surface area contributed by atoms with Gasteiger partial charge in [-0.1, -0.05) is 34.8 Å². The monoisotopic (exact) mass is 434 g/mol. The predicted octanol–water partition coefficient (Wildman–Crippen LogP) is 2.66. The highest BCUT2D eigenvalue weighted by Crippen LogP contribution is 2.33. The summed E-state index contributed by atoms with van der Waals surface area (Å²) < 4.78 is 5.28. The van der Waals surface area contributed by atoms with Gasteiger partial charge >= 0.3 is 6.03 Å². The normalized spacial score (nSPS) is 18.5. The first kappa shape index (κ1) is 20.5. The Labute approximate surface area is 173 Å². The lowest BCUT2D eigenvalue weighted by molar-refractivity contribution is -0.117. The van der Waals surface area contributed by atoms with Gasteiger partial charge in [0.25, 0.3) is 0 Å². The van der Waals surface area contributed by atoms with Crippen molar-refractivity contribution >= 4 is 52.4 Å². The highest BCUT2D eigenvalue weighted by atomic mass is 35.5. The van der Waals surface area contributed by atoms with Crippen LogP contribution >= 0.6 is 34.8 Å². The Morgan fingerprint density at radius 3 is 2.07 bits per heavy atom. The first-order chi connectivity index (χ1) is 12.9. The van der Waals surface area contributed by atoms with E-state index in [9.17, 15) is 9.59 Å². The molecule has 3 rings (SSSR count). The fourth-order valence-corrected chi connectivity index (χ4v) is 4.01. The molecule has 148 valence electrons. The van der Waals surface area contributed by atoms with Crippen LogP contribution in [0.15, 0.2) is 12.1 Å². The largest absolute Gasteiger partial charge is 0.378 e. The fraction of sp³-hybridized carbons (Fsp3) is 0.529. The van der Waals surface area contributed by atoms with E-state index < -0.39 is 0 Å². The van der Waals surface area contributed by atoms with E-state index in [2.05, 4.69) is 5.32 Å². The molecule has 3 amide bonds. The van der Waals surface area contributed by atoms with Crippen LogP contribution in [0, 0.1) is 0 Å². The zero-order valence-corrected chi connectivity index (χ0v) is 17.0. The smallest absolute Gasteiger partial charge is 0.320 e. The first-order valence-corrected chi connectivity index (χ1v) is 9.86. The van der Waals surface area contributed by atoms with Crippen LogP contribution in [0.2, 0.25) is 15.1 Å².